The molecule has 172 valence electrons. The van der Waals surface area contributed by atoms with Gasteiger partial charge in [0.2, 0.25) is 0 Å². The summed E-state index contributed by atoms with van der Waals surface area (Å²) < 4.78 is 13.0. The summed E-state index contributed by atoms with van der Waals surface area (Å²) in [6.45, 7) is 9.54. The third kappa shape index (κ3) is 4.76. The molecule has 0 spiro atoms. The number of allylic oxidation sites excluding steroid dienone is 1. The Balaban J connectivity index is 1.61. The quantitative estimate of drug-likeness (QED) is 0.491. The maximum atomic E-state index is 13.0. The van der Waals surface area contributed by atoms with Gasteiger partial charge in [-0.05, 0) is 47.0 Å². The molecule has 9 nitrogen and oxygen atoms in total. The van der Waals surface area contributed by atoms with E-state index < -0.39 is 11.7 Å². The van der Waals surface area contributed by atoms with Gasteiger partial charge in [-0.3, -0.25) is 9.69 Å². The Morgan fingerprint density at radius 1 is 1.22 bits per heavy atom. The van der Waals surface area contributed by atoms with Crippen LogP contribution in [-0.4, -0.2) is 49.8 Å². The summed E-state index contributed by atoms with van der Waals surface area (Å²) in [4.78, 5) is 39.9. The summed E-state index contributed by atoms with van der Waals surface area (Å²) in [6.07, 6.45) is 8.49. The van der Waals surface area contributed by atoms with Crippen LogP contribution in [0, 0.1) is 12.8 Å². The van der Waals surface area contributed by atoms with Crippen LogP contribution in [0.25, 0.3) is 11.2 Å². The molecule has 4 rings (SSSR count). The van der Waals surface area contributed by atoms with Crippen LogP contribution in [-0.2, 0) is 14.3 Å². The number of fused-ring (bicyclic) bond motifs is 1. The van der Waals surface area contributed by atoms with Crippen molar-refractivity contribution in [1.82, 2.24) is 19.5 Å². The summed E-state index contributed by atoms with van der Waals surface area (Å²) in [5.41, 5.74) is 0.667. The van der Waals surface area contributed by atoms with Gasteiger partial charge in [0.1, 0.15) is 11.4 Å². The third-order valence-electron chi connectivity index (χ3n) is 5.50. The van der Waals surface area contributed by atoms with E-state index in [1.807, 2.05) is 32.3 Å². The van der Waals surface area contributed by atoms with Gasteiger partial charge in [-0.1, -0.05) is 19.1 Å². The van der Waals surface area contributed by atoms with Gasteiger partial charge in [0.05, 0.1) is 19.0 Å². The molecule has 0 saturated heterocycles. The Morgan fingerprint density at radius 2 is 1.97 bits per heavy atom. The van der Waals surface area contributed by atoms with Crippen LogP contribution in [0.2, 0.25) is 0 Å². The van der Waals surface area contributed by atoms with Crippen molar-refractivity contribution in [1.29, 1.82) is 0 Å². The number of rotatable bonds is 6. The fourth-order valence-electron chi connectivity index (χ4n) is 3.86. The number of hydrogen-bond acceptors (Lipinski definition) is 7. The van der Waals surface area contributed by atoms with Crippen molar-refractivity contribution >= 4 is 29.0 Å². The fourth-order valence-corrected chi connectivity index (χ4v) is 3.86. The monoisotopic (exact) mass is 441 g/mol. The molecule has 0 unspecified atom stereocenters. The minimum absolute atomic E-state index is 0.0448. The predicted molar refractivity (Wildman–Crippen MR) is 119 cm³/mol. The molecule has 0 N–H and O–H groups in total. The largest absolute Gasteiger partial charge is 0.465 e. The van der Waals surface area contributed by atoms with E-state index in [0.29, 0.717) is 35.8 Å². The van der Waals surface area contributed by atoms with E-state index in [1.165, 1.54) is 0 Å². The summed E-state index contributed by atoms with van der Waals surface area (Å²) >= 11 is 0. The highest BCUT2D eigenvalue weighted by Gasteiger charge is 2.39. The maximum Gasteiger partial charge on any atom is 0.416 e. The SMILES string of the molecule is CCC(=O)OC[C@@H]1C=C[C@H](n2cnc3c(N(C(=O)OC(C)(C)C)C4CC4)nc(C)nc32)C1. The zero-order valence-electron chi connectivity index (χ0n) is 19.4. The predicted octanol–water partition coefficient (Wildman–Crippen LogP) is 4.11. The first kappa shape index (κ1) is 22.2. The van der Waals surface area contributed by atoms with E-state index in [9.17, 15) is 9.59 Å². The Hall–Kier alpha value is -2.97. The molecule has 32 heavy (non-hydrogen) atoms. The van der Waals surface area contributed by atoms with Gasteiger partial charge in [0, 0.05) is 18.4 Å². The molecule has 1 amide bonds. The van der Waals surface area contributed by atoms with Crippen LogP contribution in [0.5, 0.6) is 0 Å². The van der Waals surface area contributed by atoms with E-state index in [1.54, 1.807) is 18.2 Å². The number of amides is 1. The molecule has 1 saturated carbocycles. The molecule has 2 aromatic rings. The number of aryl methyl sites for hydroxylation is 1. The lowest BCUT2D eigenvalue weighted by molar-refractivity contribution is -0.144. The van der Waals surface area contributed by atoms with Crippen molar-refractivity contribution in [3.05, 3.63) is 24.3 Å². The minimum atomic E-state index is -0.602. The number of hydrogen-bond donors (Lipinski definition) is 0. The average Bonchev–Trinajstić information content (AvgIpc) is 3.26. The summed E-state index contributed by atoms with van der Waals surface area (Å²) in [6, 6.07) is 0.111. The van der Waals surface area contributed by atoms with Gasteiger partial charge in [0.15, 0.2) is 17.0 Å². The molecular formula is C23H31N5O4. The molecule has 0 bridgehead atoms. The summed E-state index contributed by atoms with van der Waals surface area (Å²) in [5, 5.41) is 0. The number of ether oxygens (including phenoxy) is 2. The van der Waals surface area contributed by atoms with E-state index in [0.717, 1.165) is 19.3 Å². The van der Waals surface area contributed by atoms with Crippen molar-refractivity contribution in [2.75, 3.05) is 11.5 Å². The molecule has 0 aliphatic heterocycles. The van der Waals surface area contributed by atoms with Crippen LogP contribution >= 0.6 is 0 Å². The van der Waals surface area contributed by atoms with E-state index in [4.69, 9.17) is 9.47 Å². The Labute approximate surface area is 187 Å². The minimum Gasteiger partial charge on any atom is -0.465 e. The number of imidazole rings is 1. The van der Waals surface area contributed by atoms with Crippen LogP contribution in [0.4, 0.5) is 10.6 Å². The second kappa shape index (κ2) is 8.52. The molecule has 2 atom stereocenters. The van der Waals surface area contributed by atoms with Crippen molar-refractivity contribution in [2.24, 2.45) is 5.92 Å². The number of carbonyl (C=O) groups excluding carboxylic acids is 2. The second-order valence-electron chi connectivity index (χ2n) is 9.48. The van der Waals surface area contributed by atoms with Crippen molar-refractivity contribution in [3.63, 3.8) is 0 Å². The molecule has 2 heterocycles. The van der Waals surface area contributed by atoms with Gasteiger partial charge in [-0.2, -0.15) is 0 Å². The Morgan fingerprint density at radius 3 is 2.62 bits per heavy atom. The average molecular weight is 442 g/mol. The number of esters is 1. The van der Waals surface area contributed by atoms with Gasteiger partial charge in [-0.15, -0.1) is 0 Å². The third-order valence-corrected chi connectivity index (χ3v) is 5.50. The molecule has 9 heteroatoms. The normalized spacial score (nSPS) is 20.5. The van der Waals surface area contributed by atoms with Gasteiger partial charge >= 0.3 is 12.1 Å². The number of nitrogens with zero attached hydrogens (tertiary/aromatic N) is 5. The molecule has 2 aromatic heterocycles. The topological polar surface area (TPSA) is 99.4 Å². The molecule has 1 fully saturated rings. The number of aromatic nitrogens is 4. The smallest absolute Gasteiger partial charge is 0.416 e. The van der Waals surface area contributed by atoms with Crippen LogP contribution in [0.15, 0.2) is 18.5 Å². The Kier molecular flexibility index (Phi) is 5.92. The lowest BCUT2D eigenvalue weighted by atomic mass is 10.1. The first-order chi connectivity index (χ1) is 15.2. The van der Waals surface area contributed by atoms with Crippen molar-refractivity contribution in [2.45, 2.75) is 78.0 Å². The van der Waals surface area contributed by atoms with Crippen LogP contribution < -0.4 is 4.90 Å². The van der Waals surface area contributed by atoms with E-state index in [2.05, 4.69) is 27.1 Å². The van der Waals surface area contributed by atoms with Crippen molar-refractivity contribution < 1.29 is 19.1 Å². The first-order valence-electron chi connectivity index (χ1n) is 11.2. The molecule has 0 aromatic carbocycles. The number of anilines is 1. The number of carbonyl (C=O) groups is 2. The van der Waals surface area contributed by atoms with E-state index in [-0.39, 0.29) is 24.0 Å². The Bertz CT molecular complexity index is 1050. The highest BCUT2D eigenvalue weighted by molar-refractivity contribution is 5.96. The second-order valence-corrected chi connectivity index (χ2v) is 9.48. The van der Waals surface area contributed by atoms with Gasteiger partial charge < -0.3 is 14.0 Å². The van der Waals surface area contributed by atoms with Crippen LogP contribution in [0.1, 0.15) is 65.2 Å². The fraction of sp³-hybridized carbons (Fsp3) is 0.609. The van der Waals surface area contributed by atoms with E-state index >= 15 is 0 Å². The maximum absolute atomic E-state index is 13.0. The lowest BCUT2D eigenvalue weighted by Crippen LogP contribution is -2.39. The zero-order valence-corrected chi connectivity index (χ0v) is 19.4. The molecular weight excluding hydrogens is 410 g/mol. The standard InChI is InChI=1S/C23H31N5O4/c1-6-18(29)31-12-15-7-8-17(11-15)27-13-24-19-20(27)25-14(2)26-21(19)28(16-9-10-16)22(30)32-23(3,4)5/h7-8,13,15-17H,6,9-12H2,1-5H3/t15-,17+/m1/s1. The molecule has 2 aliphatic rings. The summed E-state index contributed by atoms with van der Waals surface area (Å²) in [7, 11) is 0. The molecule has 2 aliphatic carbocycles. The highest BCUT2D eigenvalue weighted by atomic mass is 16.6. The van der Waals surface area contributed by atoms with Crippen molar-refractivity contribution in [3.8, 4) is 0 Å². The molecule has 0 radical (unpaired) electrons. The van der Waals surface area contributed by atoms with Gasteiger partial charge in [-0.25, -0.2) is 19.7 Å². The van der Waals surface area contributed by atoms with Gasteiger partial charge in [0.25, 0.3) is 0 Å². The zero-order chi connectivity index (χ0) is 23.0. The lowest BCUT2D eigenvalue weighted by Gasteiger charge is -2.27. The first-order valence-corrected chi connectivity index (χ1v) is 11.2. The van der Waals surface area contributed by atoms with Crippen LogP contribution in [0.3, 0.4) is 0 Å². The summed E-state index contributed by atoms with van der Waals surface area (Å²) in [5.74, 6) is 1.03. The highest BCUT2D eigenvalue weighted by Crippen LogP contribution is 2.37.